The molecule has 0 fully saturated rings. The van der Waals surface area contributed by atoms with Gasteiger partial charge in [-0.3, -0.25) is 4.79 Å². The third-order valence-electron chi connectivity index (χ3n) is 3.51. The summed E-state index contributed by atoms with van der Waals surface area (Å²) in [7, 11) is 0. The lowest BCUT2D eigenvalue weighted by molar-refractivity contribution is -0.123. The summed E-state index contributed by atoms with van der Waals surface area (Å²) in [6.45, 7) is 6.01. The molecule has 5 nitrogen and oxygen atoms in total. The van der Waals surface area contributed by atoms with Gasteiger partial charge in [-0.1, -0.05) is 19.1 Å². The maximum absolute atomic E-state index is 12.0. The molecule has 2 aromatic rings. The largest absolute Gasteiger partial charge is 0.483 e. The smallest absolute Gasteiger partial charge is 0.258 e. The van der Waals surface area contributed by atoms with Crippen LogP contribution in [0.15, 0.2) is 30.6 Å². The quantitative estimate of drug-likeness (QED) is 0.858. The van der Waals surface area contributed by atoms with E-state index in [0.29, 0.717) is 0 Å². The number of carbonyl (C=O) groups is 1. The van der Waals surface area contributed by atoms with Crippen LogP contribution >= 0.6 is 0 Å². The Morgan fingerprint density at radius 2 is 2.24 bits per heavy atom. The number of H-pyrrole nitrogens is 1. The Balaban J connectivity index is 1.91. The van der Waals surface area contributed by atoms with Crippen LogP contribution in [-0.2, 0) is 4.79 Å². The van der Waals surface area contributed by atoms with Crippen LogP contribution in [-0.4, -0.2) is 22.5 Å². The molecule has 0 saturated heterocycles. The Kier molecular flexibility index (Phi) is 4.98. The average molecular weight is 287 g/mol. The number of aryl methyl sites for hydroxylation is 1. The molecule has 21 heavy (non-hydrogen) atoms. The van der Waals surface area contributed by atoms with Gasteiger partial charge in [0.15, 0.2) is 6.61 Å². The number of ether oxygens (including phenoxy) is 1. The predicted molar refractivity (Wildman–Crippen MR) is 81.2 cm³/mol. The Hall–Kier alpha value is -2.30. The second kappa shape index (κ2) is 6.92. The molecule has 1 amide bonds. The molecule has 2 rings (SSSR count). The zero-order valence-electron chi connectivity index (χ0n) is 12.6. The van der Waals surface area contributed by atoms with Gasteiger partial charge in [0.2, 0.25) is 0 Å². The van der Waals surface area contributed by atoms with E-state index in [1.807, 2.05) is 39.0 Å². The summed E-state index contributed by atoms with van der Waals surface area (Å²) in [4.78, 5) is 19.2. The highest BCUT2D eigenvalue weighted by Gasteiger charge is 2.15. The van der Waals surface area contributed by atoms with E-state index in [1.165, 1.54) is 0 Å². The second-order valence-electron chi connectivity index (χ2n) is 4.99. The summed E-state index contributed by atoms with van der Waals surface area (Å²) >= 11 is 0. The number of imidazole rings is 1. The minimum atomic E-state index is -0.154. The molecule has 1 aromatic carbocycles. The van der Waals surface area contributed by atoms with E-state index < -0.39 is 0 Å². The van der Waals surface area contributed by atoms with Gasteiger partial charge in [-0.2, -0.15) is 0 Å². The standard InChI is InChI=1S/C16H21N3O2/c1-4-13(16-17-8-9-18-16)19-15(20)10-21-14-7-5-6-11(2)12(14)3/h5-9,13H,4,10H2,1-3H3,(H,17,18)(H,19,20). The van der Waals surface area contributed by atoms with Crippen LogP contribution in [0.5, 0.6) is 5.75 Å². The van der Waals surface area contributed by atoms with Crippen LogP contribution < -0.4 is 10.1 Å². The number of nitrogens with one attached hydrogen (secondary N) is 2. The van der Waals surface area contributed by atoms with Gasteiger partial charge < -0.3 is 15.0 Å². The first-order valence-electron chi connectivity index (χ1n) is 7.09. The molecule has 0 radical (unpaired) electrons. The van der Waals surface area contributed by atoms with Gasteiger partial charge in [0.25, 0.3) is 5.91 Å². The number of amides is 1. The maximum Gasteiger partial charge on any atom is 0.258 e. The average Bonchev–Trinajstić information content (AvgIpc) is 3.00. The Bertz CT molecular complexity index is 594. The van der Waals surface area contributed by atoms with Crippen LogP contribution in [0.1, 0.15) is 36.3 Å². The molecule has 5 heteroatoms. The summed E-state index contributed by atoms with van der Waals surface area (Å²) in [6.07, 6.45) is 4.19. The van der Waals surface area contributed by atoms with Crippen molar-refractivity contribution in [3.8, 4) is 5.75 Å². The van der Waals surface area contributed by atoms with Crippen LogP contribution in [0.2, 0.25) is 0 Å². The third-order valence-corrected chi connectivity index (χ3v) is 3.51. The lowest BCUT2D eigenvalue weighted by atomic mass is 10.1. The number of nitrogens with zero attached hydrogens (tertiary/aromatic N) is 1. The summed E-state index contributed by atoms with van der Waals surface area (Å²) in [6, 6.07) is 5.70. The van der Waals surface area contributed by atoms with E-state index in [1.54, 1.807) is 12.4 Å². The lowest BCUT2D eigenvalue weighted by Gasteiger charge is -2.16. The van der Waals surface area contributed by atoms with E-state index >= 15 is 0 Å². The van der Waals surface area contributed by atoms with Crippen LogP contribution in [0.4, 0.5) is 0 Å². The number of benzene rings is 1. The van der Waals surface area contributed by atoms with Gasteiger partial charge in [0, 0.05) is 12.4 Å². The zero-order chi connectivity index (χ0) is 15.2. The highest BCUT2D eigenvalue weighted by molar-refractivity contribution is 5.78. The van der Waals surface area contributed by atoms with Crippen molar-refractivity contribution in [1.29, 1.82) is 0 Å². The minimum absolute atomic E-state index is 0.00149. The molecule has 0 spiro atoms. The van der Waals surface area contributed by atoms with Crippen LogP contribution in [0.25, 0.3) is 0 Å². The van der Waals surface area contributed by atoms with Crippen molar-refractivity contribution in [3.63, 3.8) is 0 Å². The minimum Gasteiger partial charge on any atom is -0.483 e. The van der Waals surface area contributed by atoms with E-state index in [2.05, 4.69) is 15.3 Å². The van der Waals surface area contributed by atoms with Crippen molar-refractivity contribution in [2.45, 2.75) is 33.2 Å². The molecular formula is C16H21N3O2. The van der Waals surface area contributed by atoms with Crippen molar-refractivity contribution in [2.24, 2.45) is 0 Å². The number of carbonyl (C=O) groups excluding carboxylic acids is 1. The third kappa shape index (κ3) is 3.84. The van der Waals surface area contributed by atoms with Crippen molar-refractivity contribution in [3.05, 3.63) is 47.5 Å². The first kappa shape index (κ1) is 15.1. The monoisotopic (exact) mass is 287 g/mol. The molecule has 1 heterocycles. The molecule has 2 N–H and O–H groups in total. The van der Waals surface area contributed by atoms with Gasteiger partial charge in [-0.25, -0.2) is 4.98 Å². The van der Waals surface area contributed by atoms with Crippen molar-refractivity contribution in [1.82, 2.24) is 15.3 Å². The summed E-state index contributed by atoms with van der Waals surface area (Å²) in [5.74, 6) is 1.35. The van der Waals surface area contributed by atoms with E-state index in [9.17, 15) is 4.79 Å². The summed E-state index contributed by atoms with van der Waals surface area (Å²) in [5.41, 5.74) is 2.21. The SMILES string of the molecule is CCC(NC(=O)COc1cccc(C)c1C)c1ncc[nH]1. The Labute approximate surface area is 124 Å². The van der Waals surface area contributed by atoms with Gasteiger partial charge in [-0.15, -0.1) is 0 Å². The number of hydrogen-bond donors (Lipinski definition) is 2. The Morgan fingerprint density at radius 1 is 1.43 bits per heavy atom. The number of hydrogen-bond acceptors (Lipinski definition) is 3. The summed E-state index contributed by atoms with van der Waals surface area (Å²) in [5, 5.41) is 2.92. The van der Waals surface area contributed by atoms with Crippen molar-refractivity contribution >= 4 is 5.91 Å². The molecule has 0 aliphatic carbocycles. The molecule has 0 bridgehead atoms. The van der Waals surface area contributed by atoms with Gasteiger partial charge >= 0.3 is 0 Å². The molecule has 1 atom stereocenters. The fourth-order valence-electron chi connectivity index (χ4n) is 2.09. The topological polar surface area (TPSA) is 67.0 Å². The van der Waals surface area contributed by atoms with E-state index in [4.69, 9.17) is 4.74 Å². The maximum atomic E-state index is 12.0. The van der Waals surface area contributed by atoms with E-state index in [-0.39, 0.29) is 18.6 Å². The highest BCUT2D eigenvalue weighted by atomic mass is 16.5. The van der Waals surface area contributed by atoms with E-state index in [0.717, 1.165) is 29.1 Å². The Morgan fingerprint density at radius 3 is 2.90 bits per heavy atom. The fraction of sp³-hybridized carbons (Fsp3) is 0.375. The highest BCUT2D eigenvalue weighted by Crippen LogP contribution is 2.20. The molecule has 112 valence electrons. The number of aromatic amines is 1. The zero-order valence-corrected chi connectivity index (χ0v) is 12.6. The molecule has 1 unspecified atom stereocenters. The number of rotatable bonds is 6. The first-order chi connectivity index (χ1) is 10.1. The van der Waals surface area contributed by atoms with Crippen molar-refractivity contribution < 1.29 is 9.53 Å². The van der Waals surface area contributed by atoms with Crippen molar-refractivity contribution in [2.75, 3.05) is 6.61 Å². The molecule has 0 aliphatic rings. The summed E-state index contributed by atoms with van der Waals surface area (Å²) < 4.78 is 5.60. The first-order valence-corrected chi connectivity index (χ1v) is 7.09. The normalized spacial score (nSPS) is 12.0. The van der Waals surface area contributed by atoms with Gasteiger partial charge in [0.05, 0.1) is 6.04 Å². The van der Waals surface area contributed by atoms with Gasteiger partial charge in [-0.05, 0) is 37.5 Å². The lowest BCUT2D eigenvalue weighted by Crippen LogP contribution is -2.33. The molecule has 0 saturated carbocycles. The molecular weight excluding hydrogens is 266 g/mol. The van der Waals surface area contributed by atoms with Crippen LogP contribution in [0, 0.1) is 13.8 Å². The second-order valence-corrected chi connectivity index (χ2v) is 4.99. The predicted octanol–water partition coefficient (Wildman–Crippen LogP) is 2.67. The van der Waals surface area contributed by atoms with Crippen LogP contribution in [0.3, 0.4) is 0 Å². The number of aromatic nitrogens is 2. The fourth-order valence-corrected chi connectivity index (χ4v) is 2.09. The molecule has 0 aliphatic heterocycles. The molecule has 1 aromatic heterocycles. The van der Waals surface area contributed by atoms with Gasteiger partial charge in [0.1, 0.15) is 11.6 Å².